The van der Waals surface area contributed by atoms with Crippen LogP contribution in [0.5, 0.6) is 0 Å². The molecule has 3 heterocycles. The van der Waals surface area contributed by atoms with Gasteiger partial charge in [-0.1, -0.05) is 6.07 Å². The topological polar surface area (TPSA) is 54.7 Å². The van der Waals surface area contributed by atoms with E-state index in [1.54, 1.807) is 6.07 Å². The van der Waals surface area contributed by atoms with Crippen LogP contribution in [0.25, 0.3) is 0 Å². The third-order valence-electron chi connectivity index (χ3n) is 4.73. The fourth-order valence-electron chi connectivity index (χ4n) is 3.84. The Hall–Kier alpha value is -1.17. The summed E-state index contributed by atoms with van der Waals surface area (Å²) in [6.45, 7) is 9.66. The Morgan fingerprint density at radius 3 is 2.83 bits per heavy atom. The monoisotopic (exact) mass is 320 g/mol. The maximum absolute atomic E-state index is 12.0. The minimum atomic E-state index is -0.467. The lowest BCUT2D eigenvalue weighted by atomic mass is 9.83. The van der Waals surface area contributed by atoms with Crippen molar-refractivity contribution in [3.05, 3.63) is 34.2 Å². The van der Waals surface area contributed by atoms with Crippen LogP contribution in [-0.4, -0.2) is 52.5 Å². The van der Waals surface area contributed by atoms with Gasteiger partial charge in [0, 0.05) is 43.9 Å². The first kappa shape index (κ1) is 16.7. The normalized spacial score (nSPS) is 25.9. The van der Waals surface area contributed by atoms with Crippen molar-refractivity contribution >= 4 is 0 Å². The first-order valence-electron chi connectivity index (χ1n) is 8.56. The SMILES string of the molecule is CC(C)(C)OC[C@H](O)CN1C[C@@H]2C[C@@H](C1)c1cccc(=O)n1C2. The Morgan fingerprint density at radius 1 is 1.30 bits per heavy atom. The number of nitrogens with zero attached hydrogens (tertiary/aromatic N) is 2. The summed E-state index contributed by atoms with van der Waals surface area (Å²) in [4.78, 5) is 14.4. The molecule has 5 nitrogen and oxygen atoms in total. The zero-order valence-corrected chi connectivity index (χ0v) is 14.4. The van der Waals surface area contributed by atoms with E-state index < -0.39 is 6.10 Å². The summed E-state index contributed by atoms with van der Waals surface area (Å²) < 4.78 is 7.62. The van der Waals surface area contributed by atoms with Gasteiger partial charge < -0.3 is 14.4 Å². The van der Waals surface area contributed by atoms with Gasteiger partial charge >= 0.3 is 0 Å². The summed E-state index contributed by atoms with van der Waals surface area (Å²) in [5.74, 6) is 0.893. The van der Waals surface area contributed by atoms with Crippen molar-refractivity contribution in [3.63, 3.8) is 0 Å². The van der Waals surface area contributed by atoms with Crippen LogP contribution in [0.4, 0.5) is 0 Å². The summed E-state index contributed by atoms with van der Waals surface area (Å²) in [6, 6.07) is 5.58. The number of fused-ring (bicyclic) bond motifs is 4. The number of β-amino-alcohol motifs (C(OH)–C–C–N with tert-alkyl or cyclic N) is 1. The van der Waals surface area contributed by atoms with E-state index in [2.05, 4.69) is 11.0 Å². The molecule has 1 fully saturated rings. The Bertz CT molecular complexity index is 605. The smallest absolute Gasteiger partial charge is 0.250 e. The molecule has 0 amide bonds. The van der Waals surface area contributed by atoms with Gasteiger partial charge in [-0.2, -0.15) is 0 Å². The average molecular weight is 320 g/mol. The molecular formula is C18H28N2O3. The number of hydrogen-bond donors (Lipinski definition) is 1. The second kappa shape index (κ2) is 6.38. The number of likely N-dealkylation sites (tertiary alicyclic amines) is 1. The van der Waals surface area contributed by atoms with E-state index in [4.69, 9.17) is 4.74 Å². The number of aliphatic hydroxyl groups excluding tert-OH is 1. The molecule has 0 saturated carbocycles. The highest BCUT2D eigenvalue weighted by Gasteiger charge is 2.34. The fourth-order valence-corrected chi connectivity index (χ4v) is 3.84. The van der Waals surface area contributed by atoms with Gasteiger partial charge in [0.1, 0.15) is 0 Å². The molecule has 0 spiro atoms. The molecule has 0 radical (unpaired) electrons. The van der Waals surface area contributed by atoms with E-state index in [9.17, 15) is 9.90 Å². The van der Waals surface area contributed by atoms with Crippen LogP contribution in [-0.2, 0) is 11.3 Å². The molecule has 3 atom stereocenters. The first-order valence-corrected chi connectivity index (χ1v) is 8.56. The fraction of sp³-hybridized carbons (Fsp3) is 0.722. The predicted molar refractivity (Wildman–Crippen MR) is 89.7 cm³/mol. The summed E-state index contributed by atoms with van der Waals surface area (Å²) in [6.07, 6.45) is 0.681. The van der Waals surface area contributed by atoms with Crippen molar-refractivity contribution in [3.8, 4) is 0 Å². The van der Waals surface area contributed by atoms with Gasteiger partial charge in [-0.25, -0.2) is 0 Å². The molecule has 0 unspecified atom stereocenters. The number of rotatable bonds is 4. The van der Waals surface area contributed by atoms with Crippen LogP contribution in [0.2, 0.25) is 0 Å². The predicted octanol–water partition coefficient (Wildman–Crippen LogP) is 1.44. The maximum Gasteiger partial charge on any atom is 0.250 e. The van der Waals surface area contributed by atoms with Crippen molar-refractivity contribution in [2.24, 2.45) is 5.92 Å². The molecule has 0 aromatic carbocycles. The average Bonchev–Trinajstić information content (AvgIpc) is 2.46. The molecule has 0 aliphatic carbocycles. The van der Waals surface area contributed by atoms with E-state index in [1.165, 1.54) is 0 Å². The summed E-state index contributed by atoms with van der Waals surface area (Å²) in [7, 11) is 0. The van der Waals surface area contributed by atoms with E-state index in [0.717, 1.165) is 31.7 Å². The molecule has 1 N–H and O–H groups in total. The van der Waals surface area contributed by atoms with Gasteiger partial charge in [0.25, 0.3) is 5.56 Å². The zero-order chi connectivity index (χ0) is 16.6. The number of hydrogen-bond acceptors (Lipinski definition) is 4. The zero-order valence-electron chi connectivity index (χ0n) is 14.4. The van der Waals surface area contributed by atoms with Crippen molar-refractivity contribution in [1.29, 1.82) is 0 Å². The van der Waals surface area contributed by atoms with Gasteiger partial charge in [0.05, 0.1) is 18.3 Å². The third-order valence-corrected chi connectivity index (χ3v) is 4.73. The standard InChI is InChI=1S/C18H28N2O3/c1-18(2,3)23-12-15(21)11-19-8-13-7-14(10-19)16-5-4-6-17(22)20(16)9-13/h4-6,13-15,21H,7-12H2,1-3H3/t13-,14-,15+/m0/s1. The van der Waals surface area contributed by atoms with Crippen LogP contribution in [0.1, 0.15) is 38.8 Å². The minimum Gasteiger partial charge on any atom is -0.389 e. The quantitative estimate of drug-likeness (QED) is 0.912. The Balaban J connectivity index is 1.63. The van der Waals surface area contributed by atoms with Crippen LogP contribution >= 0.6 is 0 Å². The van der Waals surface area contributed by atoms with E-state index in [1.807, 2.05) is 31.4 Å². The van der Waals surface area contributed by atoms with Gasteiger partial charge in [-0.05, 0) is 39.2 Å². The Labute approximate surface area is 137 Å². The number of aromatic nitrogens is 1. The van der Waals surface area contributed by atoms with Crippen LogP contribution in [0, 0.1) is 5.92 Å². The lowest BCUT2D eigenvalue weighted by Crippen LogP contribution is -2.49. The van der Waals surface area contributed by atoms with Gasteiger partial charge in [-0.15, -0.1) is 0 Å². The van der Waals surface area contributed by atoms with Crippen molar-refractivity contribution in [2.75, 3.05) is 26.2 Å². The summed E-state index contributed by atoms with van der Waals surface area (Å²) >= 11 is 0. The highest BCUT2D eigenvalue weighted by atomic mass is 16.5. The summed E-state index contributed by atoms with van der Waals surface area (Å²) in [5.41, 5.74) is 1.04. The van der Waals surface area contributed by atoms with E-state index in [0.29, 0.717) is 25.0 Å². The van der Waals surface area contributed by atoms with Crippen LogP contribution in [0.3, 0.4) is 0 Å². The number of ether oxygens (including phenoxy) is 1. The molecule has 23 heavy (non-hydrogen) atoms. The molecular weight excluding hydrogens is 292 g/mol. The van der Waals surface area contributed by atoms with E-state index >= 15 is 0 Å². The van der Waals surface area contributed by atoms with Crippen molar-refractivity contribution < 1.29 is 9.84 Å². The lowest BCUT2D eigenvalue weighted by molar-refractivity contribution is -0.0599. The molecule has 2 aliphatic heterocycles. The second-order valence-electron chi connectivity index (χ2n) is 7.99. The van der Waals surface area contributed by atoms with Crippen LogP contribution in [0.15, 0.2) is 23.0 Å². The third kappa shape index (κ3) is 4.03. The lowest BCUT2D eigenvalue weighted by Gasteiger charge is -2.43. The summed E-state index contributed by atoms with van der Waals surface area (Å²) in [5, 5.41) is 10.2. The maximum atomic E-state index is 12.0. The number of pyridine rings is 1. The second-order valence-corrected chi connectivity index (χ2v) is 7.99. The van der Waals surface area contributed by atoms with Gasteiger partial charge in [0.2, 0.25) is 0 Å². The van der Waals surface area contributed by atoms with Gasteiger partial charge in [0.15, 0.2) is 0 Å². The molecule has 1 aromatic heterocycles. The molecule has 5 heteroatoms. The molecule has 2 bridgehead atoms. The molecule has 2 aliphatic rings. The Kier molecular flexibility index (Phi) is 4.63. The Morgan fingerprint density at radius 2 is 2.09 bits per heavy atom. The largest absolute Gasteiger partial charge is 0.389 e. The first-order chi connectivity index (χ1) is 10.8. The highest BCUT2D eigenvalue weighted by molar-refractivity contribution is 5.16. The highest BCUT2D eigenvalue weighted by Crippen LogP contribution is 2.34. The molecule has 1 aromatic rings. The minimum absolute atomic E-state index is 0.115. The van der Waals surface area contributed by atoms with E-state index in [-0.39, 0.29) is 11.2 Å². The van der Waals surface area contributed by atoms with Gasteiger partial charge in [-0.3, -0.25) is 9.69 Å². The number of aliphatic hydroxyl groups is 1. The van der Waals surface area contributed by atoms with Crippen molar-refractivity contribution in [2.45, 2.75) is 51.4 Å². The molecule has 128 valence electrons. The molecule has 1 saturated heterocycles. The van der Waals surface area contributed by atoms with Crippen molar-refractivity contribution in [1.82, 2.24) is 9.47 Å². The number of piperidine rings is 1. The van der Waals surface area contributed by atoms with Crippen LogP contribution < -0.4 is 5.56 Å². The molecule has 3 rings (SSSR count).